The van der Waals surface area contributed by atoms with Crippen molar-refractivity contribution in [2.45, 2.75) is 13.3 Å². The van der Waals surface area contributed by atoms with E-state index in [4.69, 9.17) is 0 Å². The predicted octanol–water partition coefficient (Wildman–Crippen LogP) is 1.19. The fourth-order valence-electron chi connectivity index (χ4n) is 1.41. The lowest BCUT2D eigenvalue weighted by molar-refractivity contribution is 0.863. The predicted molar refractivity (Wildman–Crippen MR) is 57.0 cm³/mol. The molecular formula is C11H11N3O. The Kier molecular flexibility index (Phi) is 2.58. The Hall–Kier alpha value is -1.97. The summed E-state index contributed by atoms with van der Waals surface area (Å²) < 4.78 is 1.51. The van der Waals surface area contributed by atoms with Crippen LogP contribution in [0.5, 0.6) is 0 Å². The molecule has 0 atom stereocenters. The van der Waals surface area contributed by atoms with Crippen LogP contribution in [0.4, 0.5) is 0 Å². The van der Waals surface area contributed by atoms with Crippen LogP contribution in [0.3, 0.4) is 0 Å². The van der Waals surface area contributed by atoms with E-state index in [-0.39, 0.29) is 5.56 Å². The van der Waals surface area contributed by atoms with Crippen LogP contribution in [0.1, 0.15) is 12.5 Å². The quantitative estimate of drug-likeness (QED) is 0.733. The van der Waals surface area contributed by atoms with Gasteiger partial charge in [0.1, 0.15) is 0 Å². The van der Waals surface area contributed by atoms with Gasteiger partial charge in [-0.05, 0) is 24.6 Å². The van der Waals surface area contributed by atoms with Crippen LogP contribution < -0.4 is 5.56 Å². The van der Waals surface area contributed by atoms with Gasteiger partial charge in [-0.25, -0.2) is 0 Å². The van der Waals surface area contributed by atoms with Gasteiger partial charge < -0.3 is 0 Å². The summed E-state index contributed by atoms with van der Waals surface area (Å²) in [4.78, 5) is 11.9. The average Bonchev–Trinajstić information content (AvgIpc) is 2.30. The molecule has 4 nitrogen and oxygen atoms in total. The molecule has 0 spiro atoms. The van der Waals surface area contributed by atoms with Crippen molar-refractivity contribution in [1.82, 2.24) is 14.8 Å². The minimum Gasteiger partial charge on any atom is -0.269 e. The summed E-state index contributed by atoms with van der Waals surface area (Å²) in [5, 5.41) is 7.65. The molecule has 0 fully saturated rings. The van der Waals surface area contributed by atoms with Crippen molar-refractivity contribution in [3.63, 3.8) is 0 Å². The van der Waals surface area contributed by atoms with Crippen molar-refractivity contribution in [2.24, 2.45) is 0 Å². The minimum atomic E-state index is -0.0273. The Morgan fingerprint density at radius 3 is 2.87 bits per heavy atom. The molecule has 0 aliphatic rings. The molecule has 2 heterocycles. The van der Waals surface area contributed by atoms with Crippen molar-refractivity contribution in [1.29, 1.82) is 0 Å². The van der Waals surface area contributed by atoms with Gasteiger partial charge in [0.15, 0.2) is 5.82 Å². The first-order valence-corrected chi connectivity index (χ1v) is 4.81. The van der Waals surface area contributed by atoms with Crippen LogP contribution in [0.25, 0.3) is 5.82 Å². The second-order valence-electron chi connectivity index (χ2n) is 3.14. The monoisotopic (exact) mass is 201 g/mol. The van der Waals surface area contributed by atoms with E-state index < -0.39 is 0 Å². The number of aryl methyl sites for hydroxylation is 1. The Labute approximate surface area is 87.2 Å². The molecule has 0 amide bonds. The van der Waals surface area contributed by atoms with Crippen molar-refractivity contribution in [3.05, 3.63) is 52.6 Å². The van der Waals surface area contributed by atoms with Crippen molar-refractivity contribution in [2.75, 3.05) is 0 Å². The number of rotatable bonds is 2. The molecule has 0 radical (unpaired) electrons. The van der Waals surface area contributed by atoms with Gasteiger partial charge >= 0.3 is 0 Å². The molecule has 0 saturated heterocycles. The highest BCUT2D eigenvalue weighted by atomic mass is 16.1. The second kappa shape index (κ2) is 4.04. The van der Waals surface area contributed by atoms with Crippen molar-refractivity contribution < 1.29 is 0 Å². The number of pyridine rings is 1. The number of nitrogens with zero attached hydrogens (tertiary/aromatic N) is 3. The van der Waals surface area contributed by atoms with Gasteiger partial charge in [-0.3, -0.25) is 9.36 Å². The fraction of sp³-hybridized carbons (Fsp3) is 0.182. The van der Waals surface area contributed by atoms with E-state index in [0.29, 0.717) is 5.82 Å². The van der Waals surface area contributed by atoms with Gasteiger partial charge in [0, 0.05) is 18.0 Å². The molecule has 76 valence electrons. The third-order valence-electron chi connectivity index (χ3n) is 2.21. The van der Waals surface area contributed by atoms with Crippen LogP contribution >= 0.6 is 0 Å². The first kappa shape index (κ1) is 9.58. The standard InChI is InChI=1S/C11H11N3O/c1-2-9-5-4-8-14(11(9)15)10-6-3-7-12-13-10/h3-8H,2H2,1H3. The maximum absolute atomic E-state index is 11.9. The molecule has 0 saturated carbocycles. The van der Waals surface area contributed by atoms with Crippen LogP contribution in [0, 0.1) is 0 Å². The molecule has 2 aromatic rings. The third kappa shape index (κ3) is 1.79. The summed E-state index contributed by atoms with van der Waals surface area (Å²) in [7, 11) is 0. The average molecular weight is 201 g/mol. The molecule has 15 heavy (non-hydrogen) atoms. The van der Waals surface area contributed by atoms with E-state index in [2.05, 4.69) is 10.2 Å². The van der Waals surface area contributed by atoms with Gasteiger partial charge in [0.25, 0.3) is 5.56 Å². The molecule has 2 rings (SSSR count). The Bertz CT molecular complexity index is 505. The fourth-order valence-corrected chi connectivity index (χ4v) is 1.41. The lowest BCUT2D eigenvalue weighted by Gasteiger charge is -2.04. The first-order chi connectivity index (χ1) is 7.33. The molecule has 0 bridgehead atoms. The highest BCUT2D eigenvalue weighted by Crippen LogP contribution is 1.99. The summed E-state index contributed by atoms with van der Waals surface area (Å²) in [5.74, 6) is 0.554. The van der Waals surface area contributed by atoms with Crippen molar-refractivity contribution >= 4 is 0 Å². The second-order valence-corrected chi connectivity index (χ2v) is 3.14. The molecule has 0 aliphatic carbocycles. The number of aromatic nitrogens is 3. The Morgan fingerprint density at radius 2 is 2.20 bits per heavy atom. The zero-order valence-corrected chi connectivity index (χ0v) is 8.42. The number of hydrogen-bond donors (Lipinski definition) is 0. The smallest absolute Gasteiger partial charge is 0.259 e. The van der Waals surface area contributed by atoms with Crippen LogP contribution in [-0.2, 0) is 6.42 Å². The Morgan fingerprint density at radius 1 is 1.33 bits per heavy atom. The highest BCUT2D eigenvalue weighted by Gasteiger charge is 2.03. The van der Waals surface area contributed by atoms with Crippen LogP contribution in [0.15, 0.2) is 41.5 Å². The Balaban J connectivity index is 2.60. The molecule has 0 unspecified atom stereocenters. The summed E-state index contributed by atoms with van der Waals surface area (Å²) in [6.07, 6.45) is 4.00. The summed E-state index contributed by atoms with van der Waals surface area (Å²) in [5.41, 5.74) is 0.753. The third-order valence-corrected chi connectivity index (χ3v) is 2.21. The molecule has 0 aliphatic heterocycles. The van der Waals surface area contributed by atoms with E-state index in [0.717, 1.165) is 12.0 Å². The molecule has 0 N–H and O–H groups in total. The summed E-state index contributed by atoms with van der Waals surface area (Å²) in [6.45, 7) is 1.96. The highest BCUT2D eigenvalue weighted by molar-refractivity contribution is 5.23. The maximum Gasteiger partial charge on any atom is 0.259 e. The van der Waals surface area contributed by atoms with Gasteiger partial charge in [-0.2, -0.15) is 5.10 Å². The molecule has 4 heteroatoms. The topological polar surface area (TPSA) is 47.8 Å². The molecule has 0 aromatic carbocycles. The van der Waals surface area contributed by atoms with Crippen molar-refractivity contribution in [3.8, 4) is 5.82 Å². The summed E-state index contributed by atoms with van der Waals surface area (Å²) in [6, 6.07) is 7.19. The van der Waals surface area contributed by atoms with E-state index in [1.54, 1.807) is 24.5 Å². The van der Waals surface area contributed by atoms with E-state index >= 15 is 0 Å². The van der Waals surface area contributed by atoms with Gasteiger partial charge in [-0.15, -0.1) is 5.10 Å². The van der Waals surface area contributed by atoms with Gasteiger partial charge in [0.05, 0.1) is 0 Å². The normalized spacial score (nSPS) is 10.2. The molecule has 2 aromatic heterocycles. The largest absolute Gasteiger partial charge is 0.269 e. The number of hydrogen-bond acceptors (Lipinski definition) is 3. The zero-order chi connectivity index (χ0) is 10.7. The zero-order valence-electron chi connectivity index (χ0n) is 8.42. The minimum absolute atomic E-state index is 0.0273. The lowest BCUT2D eigenvalue weighted by Crippen LogP contribution is -2.21. The van der Waals surface area contributed by atoms with Gasteiger partial charge in [-0.1, -0.05) is 13.0 Å². The van der Waals surface area contributed by atoms with E-state index in [1.165, 1.54) is 4.57 Å². The van der Waals surface area contributed by atoms with Crippen LogP contribution in [-0.4, -0.2) is 14.8 Å². The summed E-state index contributed by atoms with van der Waals surface area (Å²) >= 11 is 0. The van der Waals surface area contributed by atoms with Crippen LogP contribution in [0.2, 0.25) is 0 Å². The lowest BCUT2D eigenvalue weighted by atomic mass is 10.2. The van der Waals surface area contributed by atoms with E-state index in [1.807, 2.05) is 19.1 Å². The maximum atomic E-state index is 11.9. The van der Waals surface area contributed by atoms with E-state index in [9.17, 15) is 4.79 Å². The van der Waals surface area contributed by atoms with Gasteiger partial charge in [0.2, 0.25) is 0 Å². The molecular weight excluding hydrogens is 190 g/mol. The first-order valence-electron chi connectivity index (χ1n) is 4.81. The SMILES string of the molecule is CCc1cccn(-c2cccnn2)c1=O.